The molecule has 0 saturated carbocycles. The van der Waals surface area contributed by atoms with Crippen LogP contribution in [0.2, 0.25) is 0 Å². The van der Waals surface area contributed by atoms with Gasteiger partial charge in [-0.1, -0.05) is 28.1 Å². The molecular weight excluding hydrogens is 254 g/mol. The standard InChI is InChI=1S/C11H12BrN3/c1-13-11-14-6-7-15(11)8-9-2-4-10(12)5-3-9/h2-7H,8H2,1H3,(H,13,14). The van der Waals surface area contributed by atoms with Crippen LogP contribution in [0.3, 0.4) is 0 Å². The van der Waals surface area contributed by atoms with Crippen LogP contribution < -0.4 is 5.32 Å². The third-order valence-electron chi connectivity index (χ3n) is 2.21. The summed E-state index contributed by atoms with van der Waals surface area (Å²) >= 11 is 3.42. The molecule has 1 heterocycles. The van der Waals surface area contributed by atoms with Crippen molar-refractivity contribution in [2.75, 3.05) is 12.4 Å². The lowest BCUT2D eigenvalue weighted by Gasteiger charge is -2.06. The van der Waals surface area contributed by atoms with E-state index in [1.54, 1.807) is 6.20 Å². The number of halogens is 1. The third kappa shape index (κ3) is 2.39. The van der Waals surface area contributed by atoms with Gasteiger partial charge in [0.25, 0.3) is 0 Å². The van der Waals surface area contributed by atoms with Gasteiger partial charge < -0.3 is 9.88 Å². The molecule has 0 amide bonds. The van der Waals surface area contributed by atoms with Crippen LogP contribution in [0.5, 0.6) is 0 Å². The summed E-state index contributed by atoms with van der Waals surface area (Å²) in [5.41, 5.74) is 1.26. The predicted molar refractivity (Wildman–Crippen MR) is 65.0 cm³/mol. The molecule has 1 aromatic carbocycles. The average Bonchev–Trinajstić information content (AvgIpc) is 2.69. The van der Waals surface area contributed by atoms with Crippen LogP contribution >= 0.6 is 15.9 Å². The molecule has 0 fully saturated rings. The quantitative estimate of drug-likeness (QED) is 0.925. The van der Waals surface area contributed by atoms with Crippen molar-refractivity contribution in [3.8, 4) is 0 Å². The van der Waals surface area contributed by atoms with E-state index in [4.69, 9.17) is 0 Å². The highest BCUT2D eigenvalue weighted by atomic mass is 79.9. The van der Waals surface area contributed by atoms with Crippen molar-refractivity contribution in [1.29, 1.82) is 0 Å². The van der Waals surface area contributed by atoms with Crippen LogP contribution in [0.15, 0.2) is 41.1 Å². The minimum Gasteiger partial charge on any atom is -0.359 e. The second kappa shape index (κ2) is 4.49. The molecule has 0 aliphatic carbocycles. The minimum absolute atomic E-state index is 0.837. The first-order valence-corrected chi connectivity index (χ1v) is 5.52. The summed E-state index contributed by atoms with van der Waals surface area (Å²) in [6.07, 6.45) is 3.76. The Balaban J connectivity index is 2.18. The molecule has 3 nitrogen and oxygen atoms in total. The number of hydrogen-bond donors (Lipinski definition) is 1. The molecule has 0 unspecified atom stereocenters. The largest absolute Gasteiger partial charge is 0.359 e. The predicted octanol–water partition coefficient (Wildman–Crippen LogP) is 2.74. The van der Waals surface area contributed by atoms with E-state index in [-0.39, 0.29) is 0 Å². The van der Waals surface area contributed by atoms with Gasteiger partial charge in [-0.3, -0.25) is 0 Å². The summed E-state index contributed by atoms with van der Waals surface area (Å²) < 4.78 is 3.18. The van der Waals surface area contributed by atoms with Crippen LogP contribution in [0.25, 0.3) is 0 Å². The second-order valence-corrected chi connectivity index (χ2v) is 4.17. The van der Waals surface area contributed by atoms with Crippen molar-refractivity contribution in [2.24, 2.45) is 0 Å². The van der Waals surface area contributed by atoms with Crippen LogP contribution in [0.4, 0.5) is 5.95 Å². The maximum absolute atomic E-state index is 4.19. The Morgan fingerprint density at radius 1 is 1.33 bits per heavy atom. The lowest BCUT2D eigenvalue weighted by atomic mass is 10.2. The molecule has 0 bridgehead atoms. The highest BCUT2D eigenvalue weighted by Crippen LogP contribution is 2.13. The first-order valence-electron chi connectivity index (χ1n) is 4.73. The molecule has 4 heteroatoms. The van der Waals surface area contributed by atoms with E-state index in [0.717, 1.165) is 17.0 Å². The van der Waals surface area contributed by atoms with Crippen molar-refractivity contribution in [3.63, 3.8) is 0 Å². The number of rotatable bonds is 3. The molecule has 78 valence electrons. The second-order valence-electron chi connectivity index (χ2n) is 3.26. The van der Waals surface area contributed by atoms with E-state index in [9.17, 15) is 0 Å². The van der Waals surface area contributed by atoms with Crippen molar-refractivity contribution < 1.29 is 0 Å². The number of hydrogen-bond acceptors (Lipinski definition) is 2. The van der Waals surface area contributed by atoms with E-state index in [2.05, 4.69) is 42.9 Å². The molecule has 1 N–H and O–H groups in total. The van der Waals surface area contributed by atoms with Gasteiger partial charge in [0, 0.05) is 23.9 Å². The minimum atomic E-state index is 0.837. The van der Waals surface area contributed by atoms with Gasteiger partial charge in [-0.2, -0.15) is 0 Å². The summed E-state index contributed by atoms with van der Waals surface area (Å²) in [5.74, 6) is 0.887. The van der Waals surface area contributed by atoms with Crippen LogP contribution in [0.1, 0.15) is 5.56 Å². The third-order valence-corrected chi connectivity index (χ3v) is 2.73. The Morgan fingerprint density at radius 2 is 2.07 bits per heavy atom. The number of anilines is 1. The summed E-state index contributed by atoms with van der Waals surface area (Å²) in [7, 11) is 1.88. The molecule has 2 aromatic rings. The molecule has 15 heavy (non-hydrogen) atoms. The topological polar surface area (TPSA) is 29.9 Å². The Kier molecular flexibility index (Phi) is 3.06. The zero-order valence-electron chi connectivity index (χ0n) is 8.44. The van der Waals surface area contributed by atoms with Crippen molar-refractivity contribution in [2.45, 2.75) is 6.54 Å². The van der Waals surface area contributed by atoms with Crippen molar-refractivity contribution in [3.05, 3.63) is 46.7 Å². The molecule has 0 atom stereocenters. The molecule has 0 radical (unpaired) electrons. The fourth-order valence-corrected chi connectivity index (χ4v) is 1.72. The van der Waals surface area contributed by atoms with Gasteiger partial charge in [0.05, 0.1) is 6.54 Å². The Bertz CT molecular complexity index is 433. The molecule has 0 saturated heterocycles. The number of imidazole rings is 1. The zero-order valence-corrected chi connectivity index (χ0v) is 10.0. The molecule has 0 aliphatic heterocycles. The Hall–Kier alpha value is -1.29. The molecule has 0 aliphatic rings. The maximum atomic E-state index is 4.19. The summed E-state index contributed by atoms with van der Waals surface area (Å²) in [4.78, 5) is 4.19. The number of aromatic nitrogens is 2. The van der Waals surface area contributed by atoms with Crippen LogP contribution in [0, 0.1) is 0 Å². The summed E-state index contributed by atoms with van der Waals surface area (Å²) in [5, 5.41) is 3.05. The van der Waals surface area contributed by atoms with E-state index in [0.29, 0.717) is 0 Å². The van der Waals surface area contributed by atoms with Crippen LogP contribution in [-0.2, 0) is 6.54 Å². The molecule has 2 rings (SSSR count). The fraction of sp³-hybridized carbons (Fsp3) is 0.182. The first-order chi connectivity index (χ1) is 7.29. The average molecular weight is 266 g/mol. The molecule has 1 aromatic heterocycles. The van der Waals surface area contributed by atoms with Gasteiger partial charge >= 0.3 is 0 Å². The zero-order chi connectivity index (χ0) is 10.7. The normalized spacial score (nSPS) is 10.3. The lowest BCUT2D eigenvalue weighted by molar-refractivity contribution is 0.805. The van der Waals surface area contributed by atoms with Gasteiger partial charge in [-0.15, -0.1) is 0 Å². The van der Waals surface area contributed by atoms with E-state index < -0.39 is 0 Å². The van der Waals surface area contributed by atoms with Gasteiger partial charge in [-0.05, 0) is 17.7 Å². The SMILES string of the molecule is CNc1nccn1Cc1ccc(Br)cc1. The smallest absolute Gasteiger partial charge is 0.202 e. The Labute approximate surface area is 97.3 Å². The van der Waals surface area contributed by atoms with Crippen molar-refractivity contribution in [1.82, 2.24) is 9.55 Å². The highest BCUT2D eigenvalue weighted by Gasteiger charge is 2.00. The molecule has 0 spiro atoms. The number of nitrogens with one attached hydrogen (secondary N) is 1. The summed E-state index contributed by atoms with van der Waals surface area (Å²) in [6.45, 7) is 0.837. The monoisotopic (exact) mass is 265 g/mol. The lowest BCUT2D eigenvalue weighted by Crippen LogP contribution is -2.03. The summed E-state index contributed by atoms with van der Waals surface area (Å²) in [6, 6.07) is 8.30. The van der Waals surface area contributed by atoms with Gasteiger partial charge in [0.15, 0.2) is 0 Å². The van der Waals surface area contributed by atoms with Gasteiger partial charge in [0.1, 0.15) is 0 Å². The van der Waals surface area contributed by atoms with Gasteiger partial charge in [-0.25, -0.2) is 4.98 Å². The van der Waals surface area contributed by atoms with E-state index >= 15 is 0 Å². The Morgan fingerprint density at radius 3 is 2.73 bits per heavy atom. The van der Waals surface area contributed by atoms with E-state index in [1.807, 2.05) is 25.4 Å². The van der Waals surface area contributed by atoms with Crippen LogP contribution in [-0.4, -0.2) is 16.6 Å². The fourth-order valence-electron chi connectivity index (χ4n) is 1.45. The first kappa shape index (κ1) is 10.2. The maximum Gasteiger partial charge on any atom is 0.202 e. The van der Waals surface area contributed by atoms with Crippen molar-refractivity contribution >= 4 is 21.9 Å². The number of benzene rings is 1. The van der Waals surface area contributed by atoms with Gasteiger partial charge in [0.2, 0.25) is 5.95 Å². The molecular formula is C11H12BrN3. The van der Waals surface area contributed by atoms with E-state index in [1.165, 1.54) is 5.56 Å². The number of nitrogens with zero attached hydrogens (tertiary/aromatic N) is 2. The highest BCUT2D eigenvalue weighted by molar-refractivity contribution is 9.10.